The van der Waals surface area contributed by atoms with Gasteiger partial charge in [-0.1, -0.05) is 54.1 Å². The third kappa shape index (κ3) is 7.03. The van der Waals surface area contributed by atoms with Gasteiger partial charge in [-0.2, -0.15) is 0 Å². The quantitative estimate of drug-likeness (QED) is 0.405. The van der Waals surface area contributed by atoms with Crippen LogP contribution in [0.4, 0.5) is 0 Å². The number of hydrogen-bond acceptors (Lipinski definition) is 5. The number of nitrogens with one attached hydrogen (secondary N) is 1. The highest BCUT2D eigenvalue weighted by molar-refractivity contribution is 6.35. The number of aliphatic hydroxyl groups is 1. The van der Waals surface area contributed by atoms with Gasteiger partial charge in [0, 0.05) is 36.1 Å². The van der Waals surface area contributed by atoms with E-state index in [1.54, 1.807) is 12.1 Å². The minimum atomic E-state index is -1.75. The fourth-order valence-electron chi connectivity index (χ4n) is 4.14. The number of nitrogens with zero attached hydrogens (tertiary/aromatic N) is 1. The Morgan fingerprint density at radius 3 is 2.43 bits per heavy atom. The minimum absolute atomic E-state index is 0.0689. The third-order valence-electron chi connectivity index (χ3n) is 5.98. The number of halogens is 1. The molecule has 1 saturated heterocycles. The number of carboxylic acid groups (broad SMARTS) is 2. The molecule has 35 heavy (non-hydrogen) atoms. The number of carboxylic acids is 2. The van der Waals surface area contributed by atoms with Crippen molar-refractivity contribution < 1.29 is 34.5 Å². The summed E-state index contributed by atoms with van der Waals surface area (Å²) in [5.74, 6) is -5.08. The first-order valence-electron chi connectivity index (χ1n) is 11.2. The molecular formula is C25H27ClN2O7. The summed E-state index contributed by atoms with van der Waals surface area (Å²) >= 11 is 6.46. The number of likely N-dealkylation sites (tertiary alicyclic amines) is 1. The zero-order chi connectivity index (χ0) is 25.5. The van der Waals surface area contributed by atoms with Gasteiger partial charge in [0.1, 0.15) is 0 Å². The molecule has 4 N–H and O–H groups in total. The standard InChI is InChI=1S/C25H27ClN2O7/c26-20-12-15(8-9-19(20)16-5-2-1-3-6-16)11-18(13-21(29)25(34)35)27-22(30)23(31)28-10-4-7-17(14-28)24(32)33/h1-3,5-6,8-9,12,17-18,21,29H,4,7,10-11,13-14H2,(H,27,30)(H,32,33)(H,34,35)/t17?,18-,21-/m1/s1. The Morgan fingerprint density at radius 2 is 1.80 bits per heavy atom. The van der Waals surface area contributed by atoms with E-state index in [9.17, 15) is 29.4 Å². The highest BCUT2D eigenvalue weighted by atomic mass is 35.5. The van der Waals surface area contributed by atoms with Gasteiger partial charge < -0.3 is 25.5 Å². The predicted molar refractivity (Wildman–Crippen MR) is 128 cm³/mol. The van der Waals surface area contributed by atoms with Crippen LogP contribution < -0.4 is 5.32 Å². The Kier molecular flexibility index (Phi) is 8.84. The third-order valence-corrected chi connectivity index (χ3v) is 6.29. The van der Waals surface area contributed by atoms with Gasteiger partial charge in [-0.05, 0) is 36.5 Å². The highest BCUT2D eigenvalue weighted by Gasteiger charge is 2.32. The summed E-state index contributed by atoms with van der Waals surface area (Å²) in [5.41, 5.74) is 2.39. The van der Waals surface area contributed by atoms with E-state index < -0.39 is 41.8 Å². The average Bonchev–Trinajstić information content (AvgIpc) is 2.84. The Labute approximate surface area is 207 Å². The summed E-state index contributed by atoms with van der Waals surface area (Å²) in [6, 6.07) is 13.9. The molecule has 0 spiro atoms. The molecule has 2 aromatic carbocycles. The lowest BCUT2D eigenvalue weighted by Crippen LogP contribution is -2.51. The van der Waals surface area contributed by atoms with Gasteiger partial charge in [0.25, 0.3) is 0 Å². The molecule has 9 nitrogen and oxygen atoms in total. The lowest BCUT2D eigenvalue weighted by atomic mass is 9.97. The van der Waals surface area contributed by atoms with Crippen molar-refractivity contribution in [1.29, 1.82) is 0 Å². The molecule has 3 atom stereocenters. The Balaban J connectivity index is 1.73. The van der Waals surface area contributed by atoms with Crippen molar-refractivity contribution in [2.45, 2.75) is 37.8 Å². The van der Waals surface area contributed by atoms with E-state index in [2.05, 4.69) is 5.32 Å². The molecule has 0 saturated carbocycles. The molecule has 1 aliphatic heterocycles. The maximum Gasteiger partial charge on any atom is 0.332 e. The van der Waals surface area contributed by atoms with E-state index in [0.717, 1.165) is 11.1 Å². The number of benzene rings is 2. The van der Waals surface area contributed by atoms with Crippen LogP contribution in [0.1, 0.15) is 24.8 Å². The minimum Gasteiger partial charge on any atom is -0.481 e. The average molecular weight is 503 g/mol. The van der Waals surface area contributed by atoms with Crippen molar-refractivity contribution in [3.8, 4) is 11.1 Å². The lowest BCUT2D eigenvalue weighted by molar-refractivity contribution is -0.151. The summed E-state index contributed by atoms with van der Waals surface area (Å²) in [5, 5.41) is 31.2. The second kappa shape index (κ2) is 11.8. The number of aliphatic hydroxyl groups excluding tert-OH is 1. The summed E-state index contributed by atoms with van der Waals surface area (Å²) in [4.78, 5) is 49.0. The zero-order valence-electron chi connectivity index (χ0n) is 18.9. The van der Waals surface area contributed by atoms with Gasteiger partial charge in [-0.25, -0.2) is 4.79 Å². The number of carbonyl (C=O) groups is 4. The molecule has 1 aliphatic rings. The molecule has 0 bridgehead atoms. The van der Waals surface area contributed by atoms with Crippen LogP contribution >= 0.6 is 11.6 Å². The summed E-state index contributed by atoms with van der Waals surface area (Å²) in [7, 11) is 0. The maximum absolute atomic E-state index is 12.7. The molecule has 186 valence electrons. The fourth-order valence-corrected chi connectivity index (χ4v) is 4.45. The number of hydrogen-bond donors (Lipinski definition) is 4. The lowest BCUT2D eigenvalue weighted by Gasteiger charge is -2.30. The van der Waals surface area contributed by atoms with E-state index in [1.165, 1.54) is 4.90 Å². The molecule has 1 unspecified atom stereocenters. The van der Waals surface area contributed by atoms with E-state index in [-0.39, 0.29) is 25.9 Å². The predicted octanol–water partition coefficient (Wildman–Crippen LogP) is 2.19. The first-order chi connectivity index (χ1) is 16.7. The van der Waals surface area contributed by atoms with Crippen molar-refractivity contribution in [2.75, 3.05) is 13.1 Å². The summed E-state index contributed by atoms with van der Waals surface area (Å²) in [6.45, 7) is 0.190. The zero-order valence-corrected chi connectivity index (χ0v) is 19.6. The second-order valence-corrected chi connectivity index (χ2v) is 8.98. The molecule has 0 aliphatic carbocycles. The molecule has 0 radical (unpaired) electrons. The number of piperidine rings is 1. The molecular weight excluding hydrogens is 476 g/mol. The van der Waals surface area contributed by atoms with Crippen LogP contribution in [0, 0.1) is 5.92 Å². The van der Waals surface area contributed by atoms with Crippen LogP contribution in [-0.2, 0) is 25.6 Å². The van der Waals surface area contributed by atoms with Crippen LogP contribution in [0.15, 0.2) is 48.5 Å². The second-order valence-electron chi connectivity index (χ2n) is 8.57. The normalized spacial score (nSPS) is 17.3. The molecule has 1 heterocycles. The van der Waals surface area contributed by atoms with Crippen LogP contribution in [0.5, 0.6) is 0 Å². The van der Waals surface area contributed by atoms with Crippen LogP contribution in [-0.4, -0.2) is 69.2 Å². The van der Waals surface area contributed by atoms with Gasteiger partial charge >= 0.3 is 23.8 Å². The van der Waals surface area contributed by atoms with Gasteiger partial charge in [0.2, 0.25) is 0 Å². The SMILES string of the molecule is O=C(N[C@H](Cc1ccc(-c2ccccc2)c(Cl)c1)C[C@@H](O)C(=O)O)C(=O)N1CCCC(C(=O)O)C1. The number of amides is 2. The number of aliphatic carboxylic acids is 2. The summed E-state index contributed by atoms with van der Waals surface area (Å²) in [6.07, 6.45) is -1.07. The van der Waals surface area contributed by atoms with Crippen LogP contribution in [0.25, 0.3) is 11.1 Å². The van der Waals surface area contributed by atoms with Crippen molar-refractivity contribution in [3.05, 3.63) is 59.1 Å². The fraction of sp³-hybridized carbons (Fsp3) is 0.360. The first kappa shape index (κ1) is 26.2. The topological polar surface area (TPSA) is 144 Å². The molecule has 10 heteroatoms. The van der Waals surface area contributed by atoms with E-state index in [1.807, 2.05) is 36.4 Å². The van der Waals surface area contributed by atoms with Gasteiger partial charge in [-0.3, -0.25) is 14.4 Å². The number of rotatable bonds is 8. The maximum atomic E-state index is 12.7. The van der Waals surface area contributed by atoms with Crippen molar-refractivity contribution >= 4 is 35.4 Å². The summed E-state index contributed by atoms with van der Waals surface area (Å²) < 4.78 is 0. The van der Waals surface area contributed by atoms with Crippen molar-refractivity contribution in [1.82, 2.24) is 10.2 Å². The van der Waals surface area contributed by atoms with Crippen molar-refractivity contribution in [2.24, 2.45) is 5.92 Å². The molecule has 3 rings (SSSR count). The van der Waals surface area contributed by atoms with Gasteiger partial charge in [-0.15, -0.1) is 0 Å². The highest BCUT2D eigenvalue weighted by Crippen LogP contribution is 2.29. The molecule has 2 amide bonds. The van der Waals surface area contributed by atoms with Gasteiger partial charge in [0.15, 0.2) is 6.10 Å². The Hall–Kier alpha value is -3.43. The number of carbonyl (C=O) groups excluding carboxylic acids is 2. The Morgan fingerprint density at radius 1 is 1.09 bits per heavy atom. The largest absolute Gasteiger partial charge is 0.481 e. The van der Waals surface area contributed by atoms with E-state index in [4.69, 9.17) is 16.7 Å². The smallest absolute Gasteiger partial charge is 0.332 e. The monoisotopic (exact) mass is 502 g/mol. The van der Waals surface area contributed by atoms with E-state index in [0.29, 0.717) is 23.4 Å². The molecule has 1 fully saturated rings. The van der Waals surface area contributed by atoms with Crippen molar-refractivity contribution in [3.63, 3.8) is 0 Å². The molecule has 2 aromatic rings. The van der Waals surface area contributed by atoms with E-state index >= 15 is 0 Å². The molecule has 0 aromatic heterocycles. The van der Waals surface area contributed by atoms with Crippen LogP contribution in [0.3, 0.4) is 0 Å². The first-order valence-corrected chi connectivity index (χ1v) is 11.6. The Bertz CT molecular complexity index is 1090. The van der Waals surface area contributed by atoms with Gasteiger partial charge in [0.05, 0.1) is 5.92 Å². The van der Waals surface area contributed by atoms with Crippen LogP contribution in [0.2, 0.25) is 5.02 Å².